The Bertz CT molecular complexity index is 1230. The monoisotopic (exact) mass is 486 g/mol. The molecule has 0 aromatic heterocycles. The van der Waals surface area contributed by atoms with Crippen LogP contribution in [0, 0.1) is 5.82 Å². The van der Waals surface area contributed by atoms with E-state index in [1.54, 1.807) is 47.4 Å². The van der Waals surface area contributed by atoms with E-state index in [2.05, 4.69) is 5.32 Å². The second kappa shape index (κ2) is 11.0. The predicted molar refractivity (Wildman–Crippen MR) is 128 cm³/mol. The highest BCUT2D eigenvalue weighted by Gasteiger charge is 2.24. The second-order valence-electron chi connectivity index (χ2n) is 7.61. The van der Waals surface area contributed by atoms with Crippen LogP contribution in [0.5, 0.6) is 11.5 Å². The van der Waals surface area contributed by atoms with E-state index in [4.69, 9.17) is 8.92 Å². The number of hydrogen-bond donors (Lipinski definition) is 1. The number of hydrogen-bond acceptors (Lipinski definition) is 5. The summed E-state index contributed by atoms with van der Waals surface area (Å²) in [7, 11) is -2.67. The first-order chi connectivity index (χ1) is 16.2. The third-order valence-corrected chi connectivity index (χ3v) is 6.60. The Hall–Kier alpha value is -3.59. The number of halogens is 1. The zero-order valence-electron chi connectivity index (χ0n) is 19.2. The SMILES string of the molecule is CC[C@H](C)N(Cc1ccccc1OS(=O)(=O)c1ccc(F)cc1)C(=O)Nc1ccccc1OC. The molecule has 2 amide bonds. The van der Waals surface area contributed by atoms with Crippen molar-refractivity contribution < 1.29 is 26.5 Å². The van der Waals surface area contributed by atoms with E-state index in [0.29, 0.717) is 23.4 Å². The second-order valence-corrected chi connectivity index (χ2v) is 9.16. The Balaban J connectivity index is 1.86. The van der Waals surface area contributed by atoms with Crippen LogP contribution < -0.4 is 14.2 Å². The number of urea groups is 1. The quantitative estimate of drug-likeness (QED) is 0.408. The molecule has 1 N–H and O–H groups in total. The average molecular weight is 487 g/mol. The fraction of sp³-hybridized carbons (Fsp3) is 0.240. The molecule has 9 heteroatoms. The highest BCUT2D eigenvalue weighted by molar-refractivity contribution is 7.87. The van der Waals surface area contributed by atoms with Gasteiger partial charge in [0.15, 0.2) is 0 Å². The molecule has 0 heterocycles. The van der Waals surface area contributed by atoms with Crippen LogP contribution in [0.2, 0.25) is 0 Å². The van der Waals surface area contributed by atoms with Crippen LogP contribution in [0.3, 0.4) is 0 Å². The number of carbonyl (C=O) groups is 1. The van der Waals surface area contributed by atoms with Gasteiger partial charge in [-0.1, -0.05) is 37.3 Å². The van der Waals surface area contributed by atoms with Crippen LogP contribution in [0.1, 0.15) is 25.8 Å². The number of amides is 2. The van der Waals surface area contributed by atoms with Crippen LogP contribution in [-0.4, -0.2) is 32.5 Å². The summed E-state index contributed by atoms with van der Waals surface area (Å²) in [5.41, 5.74) is 1.02. The molecule has 0 bridgehead atoms. The Morgan fingerprint density at radius 1 is 1.00 bits per heavy atom. The minimum atomic E-state index is -4.19. The number of nitrogens with zero attached hydrogens (tertiary/aromatic N) is 1. The third-order valence-electron chi connectivity index (χ3n) is 5.35. The van der Waals surface area contributed by atoms with Gasteiger partial charge in [0.1, 0.15) is 22.2 Å². The summed E-state index contributed by atoms with van der Waals surface area (Å²) in [5, 5.41) is 2.86. The topological polar surface area (TPSA) is 84.9 Å². The molecular formula is C25H27FN2O5S. The largest absolute Gasteiger partial charge is 0.495 e. The number of methoxy groups -OCH3 is 1. The van der Waals surface area contributed by atoms with Gasteiger partial charge in [-0.05, 0) is 55.8 Å². The van der Waals surface area contributed by atoms with Gasteiger partial charge in [0.25, 0.3) is 0 Å². The summed E-state index contributed by atoms with van der Waals surface area (Å²) in [5.74, 6) is 0.0592. The maximum Gasteiger partial charge on any atom is 0.339 e. The number of para-hydroxylation sites is 3. The molecule has 1 atom stereocenters. The Labute approximate surface area is 199 Å². The standard InChI is InChI=1S/C25H27FN2O5S/c1-4-18(2)28(25(29)27-22-10-6-8-12-24(22)32-3)17-19-9-5-7-11-23(19)33-34(30,31)21-15-13-20(26)14-16-21/h5-16,18H,4,17H2,1-3H3,(H,27,29)/t18-/m0/s1. The molecule has 3 rings (SSSR count). The van der Waals surface area contributed by atoms with Crippen LogP contribution in [0.25, 0.3) is 0 Å². The highest BCUT2D eigenvalue weighted by atomic mass is 32.2. The number of ether oxygens (including phenoxy) is 1. The van der Waals surface area contributed by atoms with Crippen LogP contribution in [0.15, 0.2) is 77.7 Å². The molecule has 0 radical (unpaired) electrons. The Kier molecular flexibility index (Phi) is 8.12. The lowest BCUT2D eigenvalue weighted by Crippen LogP contribution is -2.40. The molecular weight excluding hydrogens is 459 g/mol. The number of anilines is 1. The van der Waals surface area contributed by atoms with E-state index < -0.39 is 15.9 Å². The molecule has 0 aliphatic heterocycles. The zero-order valence-corrected chi connectivity index (χ0v) is 20.0. The average Bonchev–Trinajstić information content (AvgIpc) is 2.83. The summed E-state index contributed by atoms with van der Waals surface area (Å²) in [4.78, 5) is 14.6. The lowest BCUT2D eigenvalue weighted by molar-refractivity contribution is 0.186. The summed E-state index contributed by atoms with van der Waals surface area (Å²) in [6, 6.07) is 17.5. The van der Waals surface area contributed by atoms with Gasteiger partial charge >= 0.3 is 16.1 Å². The minimum absolute atomic E-state index is 0.0882. The highest BCUT2D eigenvalue weighted by Crippen LogP contribution is 2.27. The van der Waals surface area contributed by atoms with Crippen LogP contribution in [-0.2, 0) is 16.7 Å². The van der Waals surface area contributed by atoms with Gasteiger partial charge in [-0.3, -0.25) is 0 Å². The van der Waals surface area contributed by atoms with E-state index in [0.717, 1.165) is 24.3 Å². The van der Waals surface area contributed by atoms with Crippen molar-refractivity contribution in [2.24, 2.45) is 0 Å². The Morgan fingerprint density at radius 3 is 2.26 bits per heavy atom. The van der Waals surface area contributed by atoms with Gasteiger partial charge in [0.2, 0.25) is 0 Å². The van der Waals surface area contributed by atoms with Gasteiger partial charge in [-0.15, -0.1) is 0 Å². The first-order valence-electron chi connectivity index (χ1n) is 10.7. The van der Waals surface area contributed by atoms with Crippen molar-refractivity contribution in [2.45, 2.75) is 37.8 Å². The van der Waals surface area contributed by atoms with Crippen molar-refractivity contribution in [3.8, 4) is 11.5 Å². The molecule has 3 aromatic rings. The molecule has 3 aromatic carbocycles. The smallest absolute Gasteiger partial charge is 0.339 e. The molecule has 0 saturated heterocycles. The van der Waals surface area contributed by atoms with Crippen molar-refractivity contribution in [1.29, 1.82) is 0 Å². The van der Waals surface area contributed by atoms with Gasteiger partial charge < -0.3 is 19.1 Å². The van der Waals surface area contributed by atoms with Crippen LogP contribution in [0.4, 0.5) is 14.9 Å². The van der Waals surface area contributed by atoms with Crippen LogP contribution >= 0.6 is 0 Å². The number of rotatable bonds is 9. The predicted octanol–water partition coefficient (Wildman–Crippen LogP) is 5.43. The van der Waals surface area contributed by atoms with E-state index >= 15 is 0 Å². The van der Waals surface area contributed by atoms with Crippen molar-refractivity contribution in [3.05, 3.63) is 84.2 Å². The lowest BCUT2D eigenvalue weighted by Gasteiger charge is -2.29. The molecule has 0 saturated carbocycles. The van der Waals surface area contributed by atoms with E-state index in [1.165, 1.54) is 13.2 Å². The number of carbonyl (C=O) groups excluding carboxylic acids is 1. The summed E-state index contributed by atoms with van der Waals surface area (Å²) >= 11 is 0. The molecule has 0 spiro atoms. The number of benzene rings is 3. The molecule has 34 heavy (non-hydrogen) atoms. The Morgan fingerprint density at radius 2 is 1.62 bits per heavy atom. The van der Waals surface area contributed by atoms with Crippen molar-refractivity contribution in [1.82, 2.24) is 4.90 Å². The molecule has 7 nitrogen and oxygen atoms in total. The summed E-state index contributed by atoms with van der Waals surface area (Å²) in [6.45, 7) is 3.96. The van der Waals surface area contributed by atoms with Crippen molar-refractivity contribution in [2.75, 3.05) is 12.4 Å². The first-order valence-corrected chi connectivity index (χ1v) is 12.1. The van der Waals surface area contributed by atoms with Crippen molar-refractivity contribution in [3.63, 3.8) is 0 Å². The molecule has 180 valence electrons. The molecule has 0 aliphatic carbocycles. The van der Waals surface area contributed by atoms with Gasteiger partial charge in [0, 0.05) is 11.6 Å². The zero-order chi connectivity index (χ0) is 24.7. The summed E-state index contributed by atoms with van der Waals surface area (Å²) < 4.78 is 49.4. The molecule has 0 fully saturated rings. The maximum absolute atomic E-state index is 13.2. The molecule has 0 aliphatic rings. The first kappa shape index (κ1) is 25.0. The maximum atomic E-state index is 13.2. The summed E-state index contributed by atoms with van der Waals surface area (Å²) in [6.07, 6.45) is 0.677. The lowest BCUT2D eigenvalue weighted by atomic mass is 10.1. The fourth-order valence-electron chi connectivity index (χ4n) is 3.25. The molecule has 0 unspecified atom stereocenters. The third kappa shape index (κ3) is 6.05. The van der Waals surface area contributed by atoms with Crippen molar-refractivity contribution >= 4 is 21.8 Å². The minimum Gasteiger partial charge on any atom is -0.495 e. The normalized spacial score (nSPS) is 12.0. The fourth-order valence-corrected chi connectivity index (χ4v) is 4.21. The van der Waals surface area contributed by atoms with Gasteiger partial charge in [-0.25, -0.2) is 9.18 Å². The van der Waals surface area contributed by atoms with Gasteiger partial charge in [-0.2, -0.15) is 8.42 Å². The van der Waals surface area contributed by atoms with E-state index in [9.17, 15) is 17.6 Å². The van der Waals surface area contributed by atoms with Gasteiger partial charge in [0.05, 0.1) is 19.3 Å². The number of nitrogens with one attached hydrogen (secondary N) is 1. The van der Waals surface area contributed by atoms with E-state index in [-0.39, 0.29) is 29.3 Å². The van der Waals surface area contributed by atoms with E-state index in [1.807, 2.05) is 13.8 Å².